The Balaban J connectivity index is 1.57. The smallest absolute Gasteiger partial charge is 0.305 e. The van der Waals surface area contributed by atoms with Crippen LogP contribution in [0.25, 0.3) is 0 Å². The van der Waals surface area contributed by atoms with E-state index in [4.69, 9.17) is 4.74 Å². The molecule has 146 valence electrons. The molecule has 0 saturated heterocycles. The van der Waals surface area contributed by atoms with Crippen molar-refractivity contribution in [3.05, 3.63) is 0 Å². The van der Waals surface area contributed by atoms with Gasteiger partial charge in [0, 0.05) is 24.2 Å². The first-order valence-electron chi connectivity index (χ1n) is 11.0. The van der Waals surface area contributed by atoms with Crippen LogP contribution in [0.2, 0.25) is 0 Å². The summed E-state index contributed by atoms with van der Waals surface area (Å²) in [5.74, 6) is 3.53. The predicted octanol–water partition coefficient (Wildman–Crippen LogP) is 5.17. The van der Waals surface area contributed by atoms with E-state index in [0.29, 0.717) is 29.5 Å². The fraction of sp³-hybridized carbons (Fsp3) is 0.913. The predicted molar refractivity (Wildman–Crippen MR) is 101 cm³/mol. The van der Waals surface area contributed by atoms with Gasteiger partial charge in [-0.25, -0.2) is 0 Å². The fourth-order valence-corrected chi connectivity index (χ4v) is 7.79. The highest BCUT2D eigenvalue weighted by Gasteiger charge is 2.61. The summed E-state index contributed by atoms with van der Waals surface area (Å²) in [7, 11) is 0. The number of carbonyl (C=O) groups is 2. The van der Waals surface area contributed by atoms with Gasteiger partial charge >= 0.3 is 5.97 Å². The first-order valence-corrected chi connectivity index (χ1v) is 11.0. The van der Waals surface area contributed by atoms with Crippen molar-refractivity contribution in [2.75, 3.05) is 0 Å². The van der Waals surface area contributed by atoms with E-state index in [1.54, 1.807) is 0 Å². The summed E-state index contributed by atoms with van der Waals surface area (Å²) in [4.78, 5) is 24.2. The molecule has 0 radical (unpaired) electrons. The quantitative estimate of drug-likeness (QED) is 0.638. The molecular weight excluding hydrogens is 324 g/mol. The van der Waals surface area contributed by atoms with Crippen LogP contribution in [0.15, 0.2) is 0 Å². The molecule has 4 aliphatic rings. The number of carbonyl (C=O) groups excluding carboxylic acids is 2. The van der Waals surface area contributed by atoms with Crippen molar-refractivity contribution < 1.29 is 14.3 Å². The lowest BCUT2D eigenvalue weighted by Crippen LogP contribution is -2.55. The van der Waals surface area contributed by atoms with Crippen LogP contribution in [0.4, 0.5) is 0 Å². The highest BCUT2D eigenvalue weighted by Crippen LogP contribution is 2.66. The lowest BCUT2D eigenvalue weighted by atomic mass is 9.44. The molecule has 0 aromatic heterocycles. The number of fused-ring (bicyclic) bond motifs is 5. The van der Waals surface area contributed by atoms with Crippen LogP contribution in [0.5, 0.6) is 0 Å². The van der Waals surface area contributed by atoms with Gasteiger partial charge in [-0.1, -0.05) is 27.7 Å². The van der Waals surface area contributed by atoms with Gasteiger partial charge in [0.25, 0.3) is 0 Å². The van der Waals surface area contributed by atoms with Gasteiger partial charge in [-0.3, -0.25) is 9.59 Å². The van der Waals surface area contributed by atoms with Gasteiger partial charge in [-0.2, -0.15) is 0 Å². The number of Topliss-reactive ketones (excluding diaryl/α,β-unsaturated/α-hetero) is 1. The Morgan fingerprint density at radius 1 is 1.08 bits per heavy atom. The second kappa shape index (κ2) is 6.34. The third kappa shape index (κ3) is 2.59. The minimum atomic E-state index is -0.0331. The van der Waals surface area contributed by atoms with E-state index >= 15 is 0 Å². The fourth-order valence-electron chi connectivity index (χ4n) is 7.79. The maximum atomic E-state index is 12.3. The molecule has 8 atom stereocenters. The summed E-state index contributed by atoms with van der Waals surface area (Å²) in [5.41, 5.74) is 0.515. The normalized spacial score (nSPS) is 50.5. The molecule has 3 heteroatoms. The third-order valence-electron chi connectivity index (χ3n) is 9.28. The van der Waals surface area contributed by atoms with Gasteiger partial charge in [0.15, 0.2) is 0 Å². The van der Waals surface area contributed by atoms with Gasteiger partial charge in [0.2, 0.25) is 0 Å². The summed E-state index contributed by atoms with van der Waals surface area (Å²) in [6.45, 7) is 8.94. The zero-order valence-electron chi connectivity index (χ0n) is 17.1. The number of hydrogen-bond acceptors (Lipinski definition) is 3. The summed E-state index contributed by atoms with van der Waals surface area (Å²) in [6.07, 6.45) is 9.72. The molecule has 0 aromatic rings. The van der Waals surface area contributed by atoms with Crippen molar-refractivity contribution in [2.24, 2.45) is 40.4 Å². The van der Waals surface area contributed by atoms with Gasteiger partial charge in [-0.15, -0.1) is 0 Å². The van der Waals surface area contributed by atoms with E-state index in [0.717, 1.165) is 31.1 Å². The first kappa shape index (κ1) is 18.5. The van der Waals surface area contributed by atoms with Gasteiger partial charge in [-0.05, 0) is 74.0 Å². The van der Waals surface area contributed by atoms with Gasteiger partial charge in [0.05, 0.1) is 0 Å². The Morgan fingerprint density at radius 3 is 2.54 bits per heavy atom. The molecule has 4 saturated carbocycles. The van der Waals surface area contributed by atoms with Crippen molar-refractivity contribution in [1.29, 1.82) is 0 Å². The SMILES string of the molecule is CCC(=O)O[C@H]1CC[C@H]2[C@@H]3CC[C@H]4CC(=O)[C@@H](C)C[C@]4(C)[C@H]3CC[C@]12C. The van der Waals surface area contributed by atoms with Gasteiger partial charge in [0.1, 0.15) is 11.9 Å². The molecule has 0 spiro atoms. The molecule has 0 unspecified atom stereocenters. The molecular formula is C23H36O3. The molecule has 26 heavy (non-hydrogen) atoms. The molecule has 0 N–H and O–H groups in total. The number of ketones is 1. The van der Waals surface area contributed by atoms with E-state index in [2.05, 4.69) is 20.8 Å². The second-order valence-corrected chi connectivity index (χ2v) is 10.4. The van der Waals surface area contributed by atoms with Crippen LogP contribution in [0, 0.1) is 40.4 Å². The maximum absolute atomic E-state index is 12.3. The lowest BCUT2D eigenvalue weighted by Gasteiger charge is -2.60. The molecule has 4 rings (SSSR count). The minimum absolute atomic E-state index is 0.0331. The number of ether oxygens (including phenoxy) is 1. The van der Waals surface area contributed by atoms with Crippen molar-refractivity contribution in [2.45, 2.75) is 91.6 Å². The Morgan fingerprint density at radius 2 is 1.81 bits per heavy atom. The third-order valence-corrected chi connectivity index (χ3v) is 9.28. The molecule has 3 nitrogen and oxygen atoms in total. The monoisotopic (exact) mass is 360 g/mol. The minimum Gasteiger partial charge on any atom is -0.462 e. The van der Waals surface area contributed by atoms with Crippen LogP contribution < -0.4 is 0 Å². The second-order valence-electron chi connectivity index (χ2n) is 10.4. The molecule has 4 aliphatic carbocycles. The van der Waals surface area contributed by atoms with Crippen molar-refractivity contribution in [3.63, 3.8) is 0 Å². The molecule has 0 amide bonds. The standard InChI is InChI=1S/C23H36O3/c1-5-21(25)26-20-9-8-17-16-7-6-15-12-19(24)14(2)13-23(15,4)18(16)10-11-22(17,20)3/h14-18,20H,5-13H2,1-4H3/t14-,15-,16-,17-,18-,20-,22-,23-/m0/s1. The van der Waals surface area contributed by atoms with E-state index < -0.39 is 0 Å². The Bertz CT molecular complexity index is 598. The molecule has 0 aliphatic heterocycles. The molecule has 0 heterocycles. The summed E-state index contributed by atoms with van der Waals surface area (Å²) in [5, 5.41) is 0. The number of esters is 1. The van der Waals surface area contributed by atoms with Crippen LogP contribution >= 0.6 is 0 Å². The topological polar surface area (TPSA) is 43.4 Å². The summed E-state index contributed by atoms with van der Waals surface area (Å²) >= 11 is 0. The highest BCUT2D eigenvalue weighted by atomic mass is 16.5. The van der Waals surface area contributed by atoms with Crippen LogP contribution in [-0.4, -0.2) is 17.9 Å². The Labute approximate surface area is 158 Å². The zero-order valence-corrected chi connectivity index (χ0v) is 17.1. The van der Waals surface area contributed by atoms with Crippen LogP contribution in [0.1, 0.15) is 85.5 Å². The average Bonchev–Trinajstić information content (AvgIpc) is 2.93. The Hall–Kier alpha value is -0.860. The number of hydrogen-bond donors (Lipinski definition) is 0. The van der Waals surface area contributed by atoms with Gasteiger partial charge < -0.3 is 4.74 Å². The summed E-state index contributed by atoms with van der Waals surface area (Å²) < 4.78 is 5.89. The van der Waals surface area contributed by atoms with Crippen LogP contribution in [0.3, 0.4) is 0 Å². The maximum Gasteiger partial charge on any atom is 0.305 e. The van der Waals surface area contributed by atoms with Crippen LogP contribution in [-0.2, 0) is 14.3 Å². The molecule has 0 bridgehead atoms. The summed E-state index contributed by atoms with van der Waals surface area (Å²) in [6, 6.07) is 0. The average molecular weight is 361 g/mol. The zero-order chi connectivity index (χ0) is 18.7. The van der Waals surface area contributed by atoms with Crippen molar-refractivity contribution in [3.8, 4) is 0 Å². The molecule has 0 aromatic carbocycles. The van der Waals surface area contributed by atoms with E-state index in [9.17, 15) is 9.59 Å². The lowest BCUT2D eigenvalue weighted by molar-refractivity contribution is -0.165. The number of rotatable bonds is 2. The Kier molecular flexibility index (Phi) is 4.51. The van der Waals surface area contributed by atoms with E-state index in [1.165, 1.54) is 32.1 Å². The van der Waals surface area contributed by atoms with Crippen molar-refractivity contribution in [1.82, 2.24) is 0 Å². The largest absolute Gasteiger partial charge is 0.462 e. The first-order chi connectivity index (χ1) is 12.3. The molecule has 4 fully saturated rings. The van der Waals surface area contributed by atoms with E-state index in [-0.39, 0.29) is 23.4 Å². The van der Waals surface area contributed by atoms with Crippen molar-refractivity contribution >= 4 is 11.8 Å². The highest BCUT2D eigenvalue weighted by molar-refractivity contribution is 5.82. The van der Waals surface area contributed by atoms with E-state index in [1.807, 2.05) is 6.92 Å².